The molecule has 0 saturated carbocycles. The number of aliphatic hydroxyl groups excluding tert-OH is 1. The van der Waals surface area contributed by atoms with E-state index in [1.165, 1.54) is 4.88 Å². The molecular formula is C8H10ClNOS. The van der Waals surface area contributed by atoms with E-state index in [1.54, 1.807) is 11.3 Å². The van der Waals surface area contributed by atoms with Gasteiger partial charge in [0.15, 0.2) is 0 Å². The fraction of sp³-hybridized carbons (Fsp3) is 0.500. The summed E-state index contributed by atoms with van der Waals surface area (Å²) in [5, 5.41) is 12.7. The second-order valence-electron chi connectivity index (χ2n) is 2.97. The highest BCUT2D eigenvalue weighted by Gasteiger charge is 2.27. The van der Waals surface area contributed by atoms with E-state index in [0.717, 1.165) is 10.9 Å². The van der Waals surface area contributed by atoms with Crippen molar-refractivity contribution in [3.8, 4) is 0 Å². The summed E-state index contributed by atoms with van der Waals surface area (Å²) >= 11 is 7.36. The number of halogens is 1. The zero-order valence-electron chi connectivity index (χ0n) is 6.46. The summed E-state index contributed by atoms with van der Waals surface area (Å²) in [4.78, 5) is 1.18. The maximum absolute atomic E-state index is 9.55. The molecule has 0 aromatic carbocycles. The maximum atomic E-state index is 9.55. The van der Waals surface area contributed by atoms with Crippen molar-refractivity contribution < 1.29 is 5.11 Å². The first kappa shape index (κ1) is 8.51. The van der Waals surface area contributed by atoms with E-state index in [9.17, 15) is 5.11 Å². The smallest absolute Gasteiger partial charge is 0.0931 e. The summed E-state index contributed by atoms with van der Waals surface area (Å²) in [6.07, 6.45) is -0.250. The molecule has 0 amide bonds. The third kappa shape index (κ3) is 1.50. The van der Waals surface area contributed by atoms with E-state index in [-0.39, 0.29) is 12.0 Å². The molecule has 1 aliphatic rings. The van der Waals surface area contributed by atoms with E-state index in [4.69, 9.17) is 11.6 Å². The van der Waals surface area contributed by atoms with E-state index < -0.39 is 0 Å². The van der Waals surface area contributed by atoms with Crippen molar-refractivity contribution in [2.24, 2.45) is 0 Å². The Hall–Kier alpha value is -0.0900. The fourth-order valence-electron chi connectivity index (χ4n) is 1.48. The molecule has 1 fully saturated rings. The predicted molar refractivity (Wildman–Crippen MR) is 50.9 cm³/mol. The lowest BCUT2D eigenvalue weighted by Crippen LogP contribution is -2.15. The molecule has 0 bridgehead atoms. The van der Waals surface area contributed by atoms with E-state index in [0.29, 0.717) is 6.54 Å². The van der Waals surface area contributed by atoms with Crippen LogP contribution in [0, 0.1) is 0 Å². The molecule has 0 spiro atoms. The Labute approximate surface area is 80.2 Å². The van der Waals surface area contributed by atoms with Crippen LogP contribution in [-0.2, 0) is 0 Å². The minimum Gasteiger partial charge on any atom is -0.391 e. The quantitative estimate of drug-likeness (QED) is 0.724. The second-order valence-corrected chi connectivity index (χ2v) is 4.72. The number of hydrogen-bond donors (Lipinski definition) is 2. The van der Waals surface area contributed by atoms with E-state index in [2.05, 4.69) is 5.32 Å². The monoisotopic (exact) mass is 203 g/mol. The van der Waals surface area contributed by atoms with Gasteiger partial charge in [-0.05, 0) is 12.1 Å². The largest absolute Gasteiger partial charge is 0.391 e. The number of aliphatic hydroxyl groups is 1. The summed E-state index contributed by atoms with van der Waals surface area (Å²) in [5.41, 5.74) is 0. The number of thiophene rings is 1. The van der Waals surface area contributed by atoms with Crippen molar-refractivity contribution in [1.29, 1.82) is 0 Å². The van der Waals surface area contributed by atoms with Gasteiger partial charge in [-0.3, -0.25) is 0 Å². The molecule has 0 aliphatic carbocycles. The molecule has 66 valence electrons. The Balaban J connectivity index is 2.19. The first-order chi connectivity index (χ1) is 5.77. The number of rotatable bonds is 1. The SMILES string of the molecule is OC1CNCC1c1ccc(Cl)s1. The normalized spacial score (nSPS) is 29.5. The molecule has 1 aliphatic heterocycles. The van der Waals surface area contributed by atoms with Crippen LogP contribution in [0.3, 0.4) is 0 Å². The lowest BCUT2D eigenvalue weighted by atomic mass is 10.1. The highest BCUT2D eigenvalue weighted by atomic mass is 35.5. The first-order valence-electron chi connectivity index (χ1n) is 3.91. The van der Waals surface area contributed by atoms with Gasteiger partial charge in [-0.1, -0.05) is 11.6 Å². The topological polar surface area (TPSA) is 32.3 Å². The predicted octanol–water partition coefficient (Wildman–Crippen LogP) is 1.45. The van der Waals surface area contributed by atoms with Crippen LogP contribution in [0.2, 0.25) is 4.34 Å². The van der Waals surface area contributed by atoms with Gasteiger partial charge in [-0.25, -0.2) is 0 Å². The molecule has 1 aromatic heterocycles. The van der Waals surface area contributed by atoms with Crippen LogP contribution in [0.15, 0.2) is 12.1 Å². The minimum atomic E-state index is -0.250. The minimum absolute atomic E-state index is 0.238. The van der Waals surface area contributed by atoms with Gasteiger partial charge in [-0.15, -0.1) is 11.3 Å². The molecule has 1 saturated heterocycles. The third-order valence-electron chi connectivity index (χ3n) is 2.14. The maximum Gasteiger partial charge on any atom is 0.0931 e. The van der Waals surface area contributed by atoms with E-state index >= 15 is 0 Å². The Bertz CT molecular complexity index is 276. The van der Waals surface area contributed by atoms with Gasteiger partial charge in [0.05, 0.1) is 10.4 Å². The lowest BCUT2D eigenvalue weighted by Gasteiger charge is -2.09. The number of nitrogens with one attached hydrogen (secondary N) is 1. The Kier molecular flexibility index (Phi) is 2.37. The average molecular weight is 204 g/mol. The molecule has 0 radical (unpaired) electrons. The van der Waals surface area contributed by atoms with Crippen molar-refractivity contribution in [2.75, 3.05) is 13.1 Å². The number of β-amino-alcohol motifs (C(OH)–C–C–N with tert-alkyl or cyclic N) is 1. The van der Waals surface area contributed by atoms with Gasteiger partial charge in [0.1, 0.15) is 0 Å². The standard InChI is InChI=1S/C8H10ClNOS/c9-8-2-1-7(12-8)5-3-10-4-6(5)11/h1-2,5-6,10-11H,3-4H2. The molecular weight excluding hydrogens is 194 g/mol. The molecule has 2 atom stereocenters. The molecule has 2 heterocycles. The van der Waals surface area contributed by atoms with Crippen molar-refractivity contribution in [1.82, 2.24) is 5.32 Å². The van der Waals surface area contributed by atoms with E-state index in [1.807, 2.05) is 12.1 Å². The van der Waals surface area contributed by atoms with Gasteiger partial charge in [-0.2, -0.15) is 0 Å². The van der Waals surface area contributed by atoms with Gasteiger partial charge in [0.2, 0.25) is 0 Å². The van der Waals surface area contributed by atoms with Crippen LogP contribution in [-0.4, -0.2) is 24.3 Å². The Morgan fingerprint density at radius 1 is 1.50 bits per heavy atom. The van der Waals surface area contributed by atoms with Crippen molar-refractivity contribution in [2.45, 2.75) is 12.0 Å². The summed E-state index contributed by atoms with van der Waals surface area (Å²) in [5.74, 6) is 0.238. The summed E-state index contributed by atoms with van der Waals surface area (Å²) in [6, 6.07) is 3.88. The molecule has 2 nitrogen and oxygen atoms in total. The van der Waals surface area contributed by atoms with Gasteiger partial charge in [0, 0.05) is 23.9 Å². The lowest BCUT2D eigenvalue weighted by molar-refractivity contribution is 0.179. The summed E-state index contributed by atoms with van der Waals surface area (Å²) in [7, 11) is 0. The third-order valence-corrected chi connectivity index (χ3v) is 3.50. The van der Waals surface area contributed by atoms with Crippen LogP contribution >= 0.6 is 22.9 Å². The zero-order chi connectivity index (χ0) is 8.55. The van der Waals surface area contributed by atoms with Gasteiger partial charge >= 0.3 is 0 Å². The molecule has 2 rings (SSSR count). The van der Waals surface area contributed by atoms with Crippen molar-refractivity contribution >= 4 is 22.9 Å². The second kappa shape index (κ2) is 3.34. The molecule has 2 unspecified atom stereocenters. The van der Waals surface area contributed by atoms with Gasteiger partial charge < -0.3 is 10.4 Å². The van der Waals surface area contributed by atoms with Crippen LogP contribution < -0.4 is 5.32 Å². The number of hydrogen-bond acceptors (Lipinski definition) is 3. The highest BCUT2D eigenvalue weighted by molar-refractivity contribution is 7.16. The average Bonchev–Trinajstić information content (AvgIpc) is 2.58. The van der Waals surface area contributed by atoms with Crippen LogP contribution in [0.25, 0.3) is 0 Å². The molecule has 12 heavy (non-hydrogen) atoms. The fourth-order valence-corrected chi connectivity index (χ4v) is 2.70. The van der Waals surface area contributed by atoms with Crippen LogP contribution in [0.1, 0.15) is 10.8 Å². The summed E-state index contributed by atoms with van der Waals surface area (Å²) < 4.78 is 0.795. The van der Waals surface area contributed by atoms with Crippen molar-refractivity contribution in [3.63, 3.8) is 0 Å². The van der Waals surface area contributed by atoms with Crippen molar-refractivity contribution in [3.05, 3.63) is 21.3 Å². The van der Waals surface area contributed by atoms with Crippen LogP contribution in [0.4, 0.5) is 0 Å². The highest BCUT2D eigenvalue weighted by Crippen LogP contribution is 2.31. The van der Waals surface area contributed by atoms with Crippen LogP contribution in [0.5, 0.6) is 0 Å². The summed E-state index contributed by atoms with van der Waals surface area (Å²) in [6.45, 7) is 1.55. The van der Waals surface area contributed by atoms with Gasteiger partial charge in [0.25, 0.3) is 0 Å². The Morgan fingerprint density at radius 2 is 2.33 bits per heavy atom. The zero-order valence-corrected chi connectivity index (χ0v) is 8.03. The Morgan fingerprint density at radius 3 is 2.83 bits per heavy atom. The molecule has 2 N–H and O–H groups in total. The first-order valence-corrected chi connectivity index (χ1v) is 5.11. The molecule has 4 heteroatoms. The molecule has 1 aromatic rings.